The van der Waals surface area contributed by atoms with E-state index in [1.807, 2.05) is 11.9 Å². The van der Waals surface area contributed by atoms with Crippen LogP contribution in [0.1, 0.15) is 5.56 Å². The summed E-state index contributed by atoms with van der Waals surface area (Å²) in [5.41, 5.74) is 7.49. The van der Waals surface area contributed by atoms with E-state index in [0.717, 1.165) is 5.56 Å². The number of aromatic nitrogens is 4. The Labute approximate surface area is 136 Å². The number of fused-ring (bicyclic) bond motifs is 1. The first kappa shape index (κ1) is 15.9. The third-order valence-corrected chi connectivity index (χ3v) is 3.52. The van der Waals surface area contributed by atoms with E-state index < -0.39 is 6.61 Å². The first-order valence-electron chi connectivity index (χ1n) is 7.14. The number of benzene rings is 1. The van der Waals surface area contributed by atoms with Crippen LogP contribution < -0.4 is 15.4 Å². The lowest BCUT2D eigenvalue weighted by Gasteiger charge is -2.18. The predicted octanol–water partition coefficient (Wildman–Crippen LogP) is 2.18. The molecule has 0 spiro atoms. The Morgan fingerprint density at radius 3 is 2.62 bits per heavy atom. The van der Waals surface area contributed by atoms with Gasteiger partial charge in [-0.25, -0.2) is 0 Å². The summed E-state index contributed by atoms with van der Waals surface area (Å²) >= 11 is 0. The molecule has 2 heterocycles. The largest absolute Gasteiger partial charge is 0.435 e. The van der Waals surface area contributed by atoms with Crippen LogP contribution in [0.5, 0.6) is 5.75 Å². The van der Waals surface area contributed by atoms with Gasteiger partial charge in [-0.1, -0.05) is 12.1 Å². The summed E-state index contributed by atoms with van der Waals surface area (Å²) < 4.78 is 30.3. The van der Waals surface area contributed by atoms with E-state index in [2.05, 4.69) is 19.8 Å². The monoisotopic (exact) mass is 334 g/mol. The Hall–Kier alpha value is -2.97. The minimum Gasteiger partial charge on any atom is -0.435 e. The maximum absolute atomic E-state index is 12.2. The summed E-state index contributed by atoms with van der Waals surface area (Å²) in [7, 11) is 3.60. The summed E-state index contributed by atoms with van der Waals surface area (Å²) in [5, 5.41) is 4.81. The fourth-order valence-electron chi connectivity index (χ4n) is 2.32. The number of nitrogens with zero attached hydrogens (tertiary/aromatic N) is 5. The van der Waals surface area contributed by atoms with Crippen molar-refractivity contribution in [2.45, 2.75) is 13.2 Å². The van der Waals surface area contributed by atoms with Crippen molar-refractivity contribution >= 4 is 22.8 Å². The van der Waals surface area contributed by atoms with Gasteiger partial charge in [0.25, 0.3) is 0 Å². The molecule has 0 atom stereocenters. The van der Waals surface area contributed by atoms with Crippen molar-refractivity contribution < 1.29 is 13.5 Å². The minimum absolute atomic E-state index is 0.119. The average Bonchev–Trinajstić information content (AvgIpc) is 2.91. The van der Waals surface area contributed by atoms with Crippen LogP contribution in [0, 0.1) is 0 Å². The van der Waals surface area contributed by atoms with Gasteiger partial charge in [-0.3, -0.25) is 4.68 Å². The molecule has 3 aromatic rings. The molecule has 0 aliphatic rings. The van der Waals surface area contributed by atoms with Crippen molar-refractivity contribution in [3.63, 3.8) is 0 Å². The number of halogens is 2. The van der Waals surface area contributed by atoms with Crippen LogP contribution in [0.3, 0.4) is 0 Å². The minimum atomic E-state index is -2.83. The summed E-state index contributed by atoms with van der Waals surface area (Å²) in [4.78, 5) is 10.6. The van der Waals surface area contributed by atoms with Gasteiger partial charge in [0.1, 0.15) is 11.6 Å². The van der Waals surface area contributed by atoms with Gasteiger partial charge >= 0.3 is 6.61 Å². The molecule has 7 nitrogen and oxygen atoms in total. The first-order valence-corrected chi connectivity index (χ1v) is 7.14. The molecule has 2 N–H and O–H groups in total. The van der Waals surface area contributed by atoms with Gasteiger partial charge in [0.15, 0.2) is 5.65 Å². The molecular formula is C15H16F2N6O. The first-order chi connectivity index (χ1) is 11.4. The molecule has 0 radical (unpaired) electrons. The number of hydrogen-bond donors (Lipinski definition) is 1. The lowest BCUT2D eigenvalue weighted by atomic mass is 10.2. The third-order valence-electron chi connectivity index (χ3n) is 3.52. The van der Waals surface area contributed by atoms with Crippen LogP contribution in [0.4, 0.5) is 20.5 Å². The Bertz CT molecular complexity index is 849. The zero-order valence-electron chi connectivity index (χ0n) is 13.1. The van der Waals surface area contributed by atoms with Crippen molar-refractivity contribution in [3.05, 3.63) is 36.0 Å². The van der Waals surface area contributed by atoms with Crippen LogP contribution in [-0.2, 0) is 13.6 Å². The van der Waals surface area contributed by atoms with E-state index in [1.54, 1.807) is 30.1 Å². The Balaban J connectivity index is 1.79. The topological polar surface area (TPSA) is 82.1 Å². The maximum Gasteiger partial charge on any atom is 0.387 e. The van der Waals surface area contributed by atoms with Crippen LogP contribution in [0.2, 0.25) is 0 Å². The van der Waals surface area contributed by atoms with Crippen molar-refractivity contribution in [3.8, 4) is 5.75 Å². The summed E-state index contributed by atoms with van der Waals surface area (Å²) in [6, 6.07) is 6.41. The normalized spacial score (nSPS) is 11.2. The number of ether oxygens (including phenoxy) is 1. The molecule has 0 aliphatic heterocycles. The van der Waals surface area contributed by atoms with Crippen LogP contribution in [-0.4, -0.2) is 33.4 Å². The predicted molar refractivity (Wildman–Crippen MR) is 85.9 cm³/mol. The molecule has 0 aliphatic carbocycles. The molecule has 126 valence electrons. The summed E-state index contributed by atoms with van der Waals surface area (Å²) in [6.45, 7) is -2.35. The van der Waals surface area contributed by atoms with E-state index in [9.17, 15) is 8.78 Å². The number of nitrogens with two attached hydrogens (primary N) is 1. The van der Waals surface area contributed by atoms with Gasteiger partial charge in [-0.05, 0) is 17.7 Å². The molecule has 0 amide bonds. The van der Waals surface area contributed by atoms with Gasteiger partial charge in [0.2, 0.25) is 5.95 Å². The molecule has 0 saturated carbocycles. The fraction of sp³-hybridized carbons (Fsp3) is 0.267. The standard InChI is InChI=1S/C15H16F2N6O/c1-22(8-9-3-5-10(6-4-9)24-14(16)17)15-20-12(18)11-7-19-23(2)13(11)21-15/h3-7,14H,8H2,1-2H3,(H2,18,20,21). The third kappa shape index (κ3) is 3.19. The van der Waals surface area contributed by atoms with Gasteiger partial charge < -0.3 is 15.4 Å². The molecule has 0 saturated heterocycles. The average molecular weight is 334 g/mol. The Morgan fingerprint density at radius 1 is 1.25 bits per heavy atom. The van der Waals surface area contributed by atoms with E-state index >= 15 is 0 Å². The summed E-state index contributed by atoms with van der Waals surface area (Å²) in [5.74, 6) is 0.931. The number of rotatable bonds is 5. The second-order valence-electron chi connectivity index (χ2n) is 5.29. The molecule has 3 rings (SSSR count). The lowest BCUT2D eigenvalue weighted by Crippen LogP contribution is -2.20. The number of alkyl halides is 2. The maximum atomic E-state index is 12.2. The highest BCUT2D eigenvalue weighted by molar-refractivity contribution is 5.86. The zero-order valence-corrected chi connectivity index (χ0v) is 13.1. The SMILES string of the molecule is CN(Cc1ccc(OC(F)F)cc1)c1nc(N)c2cnn(C)c2n1. The summed E-state index contributed by atoms with van der Waals surface area (Å²) in [6.07, 6.45) is 1.62. The highest BCUT2D eigenvalue weighted by atomic mass is 19.3. The van der Waals surface area contributed by atoms with Crippen LogP contribution in [0.15, 0.2) is 30.5 Å². The van der Waals surface area contributed by atoms with Crippen molar-refractivity contribution in [1.29, 1.82) is 0 Å². The van der Waals surface area contributed by atoms with Crippen molar-refractivity contribution in [2.75, 3.05) is 17.7 Å². The molecule has 2 aromatic heterocycles. The van der Waals surface area contributed by atoms with E-state index in [-0.39, 0.29) is 5.75 Å². The molecule has 0 unspecified atom stereocenters. The molecule has 24 heavy (non-hydrogen) atoms. The lowest BCUT2D eigenvalue weighted by molar-refractivity contribution is -0.0498. The molecule has 0 bridgehead atoms. The van der Waals surface area contributed by atoms with E-state index in [0.29, 0.717) is 29.3 Å². The van der Waals surface area contributed by atoms with Gasteiger partial charge in [0.05, 0.1) is 11.6 Å². The highest BCUT2D eigenvalue weighted by Gasteiger charge is 2.13. The molecule has 9 heteroatoms. The number of aryl methyl sites for hydroxylation is 1. The molecule has 1 aromatic carbocycles. The van der Waals surface area contributed by atoms with Crippen molar-refractivity contribution in [1.82, 2.24) is 19.7 Å². The van der Waals surface area contributed by atoms with Gasteiger partial charge in [-0.15, -0.1) is 0 Å². The number of hydrogen-bond acceptors (Lipinski definition) is 6. The van der Waals surface area contributed by atoms with Gasteiger partial charge in [0, 0.05) is 20.6 Å². The fourth-order valence-corrected chi connectivity index (χ4v) is 2.32. The molecule has 0 fully saturated rings. The second-order valence-corrected chi connectivity index (χ2v) is 5.29. The quantitative estimate of drug-likeness (QED) is 0.770. The van der Waals surface area contributed by atoms with Crippen molar-refractivity contribution in [2.24, 2.45) is 7.05 Å². The van der Waals surface area contributed by atoms with Gasteiger partial charge in [-0.2, -0.15) is 23.8 Å². The second kappa shape index (κ2) is 6.26. The zero-order chi connectivity index (χ0) is 17.3. The Morgan fingerprint density at radius 2 is 1.96 bits per heavy atom. The number of anilines is 2. The van der Waals surface area contributed by atoms with E-state index in [1.165, 1.54) is 12.1 Å². The number of nitrogen functional groups attached to an aromatic ring is 1. The van der Waals surface area contributed by atoms with E-state index in [4.69, 9.17) is 5.73 Å². The van der Waals surface area contributed by atoms with Crippen LogP contribution >= 0.6 is 0 Å². The smallest absolute Gasteiger partial charge is 0.387 e. The highest BCUT2D eigenvalue weighted by Crippen LogP contribution is 2.21. The Kier molecular flexibility index (Phi) is 4.15. The molecular weight excluding hydrogens is 318 g/mol. The van der Waals surface area contributed by atoms with Crippen LogP contribution in [0.25, 0.3) is 11.0 Å².